The summed E-state index contributed by atoms with van der Waals surface area (Å²) in [6.45, 7) is 4.50. The third-order valence-corrected chi connectivity index (χ3v) is 6.18. The molecule has 180 valence electrons. The summed E-state index contributed by atoms with van der Waals surface area (Å²) in [6.07, 6.45) is 1.52. The summed E-state index contributed by atoms with van der Waals surface area (Å²) < 4.78 is 16.7. The predicted molar refractivity (Wildman–Crippen MR) is 136 cm³/mol. The molecule has 2 heterocycles. The Morgan fingerprint density at radius 2 is 2.03 bits per heavy atom. The highest BCUT2D eigenvalue weighted by molar-refractivity contribution is 7.14. The molecule has 1 fully saturated rings. The van der Waals surface area contributed by atoms with Crippen LogP contribution in [0.5, 0.6) is 11.5 Å². The zero-order chi connectivity index (χ0) is 24.5. The topological polar surface area (TPSA) is 96.7 Å². The van der Waals surface area contributed by atoms with E-state index >= 15 is 0 Å². The second-order valence-corrected chi connectivity index (χ2v) is 8.60. The first kappa shape index (κ1) is 24.4. The van der Waals surface area contributed by atoms with E-state index in [2.05, 4.69) is 15.2 Å². The molecule has 0 spiro atoms. The van der Waals surface area contributed by atoms with Crippen LogP contribution < -0.4 is 14.8 Å². The predicted octanol–water partition coefficient (Wildman–Crippen LogP) is 4.08. The van der Waals surface area contributed by atoms with Crippen LogP contribution in [0.1, 0.15) is 5.56 Å². The van der Waals surface area contributed by atoms with E-state index in [1.165, 1.54) is 17.4 Å². The smallest absolute Gasteiger partial charge is 0.268 e. The lowest BCUT2D eigenvalue weighted by Gasteiger charge is -2.26. The lowest BCUT2D eigenvalue weighted by molar-refractivity contribution is -0.112. The van der Waals surface area contributed by atoms with Gasteiger partial charge in [-0.2, -0.15) is 5.26 Å². The zero-order valence-electron chi connectivity index (χ0n) is 19.4. The molecular weight excluding hydrogens is 464 g/mol. The van der Waals surface area contributed by atoms with Crippen molar-refractivity contribution in [1.82, 2.24) is 9.88 Å². The van der Waals surface area contributed by atoms with Gasteiger partial charge in [-0.05, 0) is 23.8 Å². The first-order valence-corrected chi connectivity index (χ1v) is 12.1. The highest BCUT2D eigenvalue weighted by Gasteiger charge is 2.14. The molecule has 1 N–H and O–H groups in total. The van der Waals surface area contributed by atoms with E-state index in [1.54, 1.807) is 25.3 Å². The van der Waals surface area contributed by atoms with Crippen LogP contribution in [0.4, 0.5) is 5.13 Å². The number of nitrogens with one attached hydrogen (secondary N) is 1. The highest BCUT2D eigenvalue weighted by atomic mass is 32.1. The highest BCUT2D eigenvalue weighted by Crippen LogP contribution is 2.29. The molecule has 0 aliphatic carbocycles. The minimum atomic E-state index is -0.521. The maximum absolute atomic E-state index is 12.7. The number of amides is 1. The van der Waals surface area contributed by atoms with Gasteiger partial charge in [0, 0.05) is 30.6 Å². The lowest BCUT2D eigenvalue weighted by atomic mass is 10.1. The standard InChI is InChI=1S/C26H26N4O4S/c1-32-23-8-7-19(16-24(23)34-14-11-30-9-12-33-13-10-30)15-21(17-27)25(31)29-26-28-22(18-35-26)20-5-3-2-4-6-20/h2-8,15-16,18H,9-14H2,1H3,(H,28,29,31). The third kappa shape index (κ3) is 6.67. The number of rotatable bonds is 9. The van der Waals surface area contributed by atoms with E-state index in [0.29, 0.717) is 28.8 Å². The molecular formula is C26H26N4O4S. The van der Waals surface area contributed by atoms with Crippen molar-refractivity contribution in [3.05, 3.63) is 65.0 Å². The minimum absolute atomic E-state index is 0.0362. The third-order valence-electron chi connectivity index (χ3n) is 5.43. The number of thiazole rings is 1. The molecule has 4 rings (SSSR count). The normalized spacial score (nSPS) is 14.2. The van der Waals surface area contributed by atoms with Crippen LogP contribution in [0.2, 0.25) is 0 Å². The van der Waals surface area contributed by atoms with Crippen LogP contribution in [0.25, 0.3) is 17.3 Å². The summed E-state index contributed by atoms with van der Waals surface area (Å²) in [5.41, 5.74) is 2.34. The van der Waals surface area contributed by atoms with Gasteiger partial charge in [-0.15, -0.1) is 11.3 Å². The number of benzene rings is 2. The number of carbonyl (C=O) groups is 1. The van der Waals surface area contributed by atoms with Crippen molar-refractivity contribution in [2.75, 3.05) is 51.9 Å². The van der Waals surface area contributed by atoms with Gasteiger partial charge in [-0.3, -0.25) is 15.0 Å². The first-order valence-electron chi connectivity index (χ1n) is 11.2. The van der Waals surface area contributed by atoms with Gasteiger partial charge in [-0.1, -0.05) is 36.4 Å². The Morgan fingerprint density at radius 1 is 1.23 bits per heavy atom. The number of hydrogen-bond acceptors (Lipinski definition) is 8. The van der Waals surface area contributed by atoms with E-state index in [0.717, 1.165) is 44.1 Å². The SMILES string of the molecule is COc1ccc(C=C(C#N)C(=O)Nc2nc(-c3ccccc3)cs2)cc1OCCN1CCOCC1. The maximum atomic E-state index is 12.7. The maximum Gasteiger partial charge on any atom is 0.268 e. The Morgan fingerprint density at radius 3 is 2.77 bits per heavy atom. The molecule has 3 aromatic rings. The second kappa shape index (κ2) is 12.1. The molecule has 0 bridgehead atoms. The molecule has 0 radical (unpaired) electrons. The van der Waals surface area contributed by atoms with Gasteiger partial charge >= 0.3 is 0 Å². The number of aromatic nitrogens is 1. The minimum Gasteiger partial charge on any atom is -0.493 e. The average Bonchev–Trinajstić information content (AvgIpc) is 3.37. The fraction of sp³-hybridized carbons (Fsp3) is 0.269. The molecule has 1 saturated heterocycles. The summed E-state index contributed by atoms with van der Waals surface area (Å²) in [5.74, 6) is 0.620. The summed E-state index contributed by atoms with van der Waals surface area (Å²) >= 11 is 1.31. The fourth-order valence-electron chi connectivity index (χ4n) is 3.56. The van der Waals surface area contributed by atoms with Crippen molar-refractivity contribution < 1.29 is 19.0 Å². The van der Waals surface area contributed by atoms with Crippen LogP contribution in [0.15, 0.2) is 59.5 Å². The lowest BCUT2D eigenvalue weighted by Crippen LogP contribution is -2.38. The molecule has 0 unspecified atom stereocenters. The van der Waals surface area contributed by atoms with Gasteiger partial charge in [0.05, 0.1) is 26.0 Å². The van der Waals surface area contributed by atoms with Gasteiger partial charge in [0.2, 0.25) is 0 Å². The van der Waals surface area contributed by atoms with Crippen molar-refractivity contribution in [3.8, 4) is 28.8 Å². The number of morpholine rings is 1. The van der Waals surface area contributed by atoms with Crippen LogP contribution >= 0.6 is 11.3 Å². The first-order chi connectivity index (χ1) is 17.2. The number of hydrogen-bond donors (Lipinski definition) is 1. The van der Waals surface area contributed by atoms with Crippen molar-refractivity contribution in [3.63, 3.8) is 0 Å². The fourth-order valence-corrected chi connectivity index (χ4v) is 4.27. The van der Waals surface area contributed by atoms with Crippen LogP contribution in [0.3, 0.4) is 0 Å². The van der Waals surface area contributed by atoms with Crippen LogP contribution in [0, 0.1) is 11.3 Å². The number of carbonyl (C=O) groups excluding carboxylic acids is 1. The quantitative estimate of drug-likeness (QED) is 0.357. The van der Waals surface area contributed by atoms with Crippen molar-refractivity contribution in [2.45, 2.75) is 0 Å². The van der Waals surface area contributed by atoms with Gasteiger partial charge in [-0.25, -0.2) is 4.98 Å². The Labute approximate surface area is 208 Å². The molecule has 1 aromatic heterocycles. The van der Waals surface area contributed by atoms with Gasteiger partial charge < -0.3 is 14.2 Å². The zero-order valence-corrected chi connectivity index (χ0v) is 20.2. The molecule has 0 atom stereocenters. The molecule has 1 aliphatic heterocycles. The van der Waals surface area contributed by atoms with Crippen molar-refractivity contribution >= 4 is 28.5 Å². The summed E-state index contributed by atoms with van der Waals surface area (Å²) in [6, 6.07) is 17.0. The molecule has 0 saturated carbocycles. The summed E-state index contributed by atoms with van der Waals surface area (Å²) in [5, 5.41) is 14.6. The molecule has 1 amide bonds. The van der Waals surface area contributed by atoms with Crippen molar-refractivity contribution in [2.24, 2.45) is 0 Å². The Hall–Kier alpha value is -3.71. The molecule has 8 nitrogen and oxygen atoms in total. The summed E-state index contributed by atoms with van der Waals surface area (Å²) in [7, 11) is 1.57. The molecule has 9 heteroatoms. The van der Waals surface area contributed by atoms with Crippen molar-refractivity contribution in [1.29, 1.82) is 5.26 Å². The average molecular weight is 491 g/mol. The van der Waals surface area contributed by atoms with E-state index in [-0.39, 0.29) is 5.57 Å². The number of nitrogens with zero attached hydrogens (tertiary/aromatic N) is 3. The second-order valence-electron chi connectivity index (χ2n) is 7.74. The number of anilines is 1. The monoisotopic (exact) mass is 490 g/mol. The Kier molecular flexibility index (Phi) is 8.46. The van der Waals surface area contributed by atoms with E-state index in [1.807, 2.05) is 41.8 Å². The van der Waals surface area contributed by atoms with E-state index in [4.69, 9.17) is 14.2 Å². The van der Waals surface area contributed by atoms with Gasteiger partial charge in [0.1, 0.15) is 18.2 Å². The molecule has 35 heavy (non-hydrogen) atoms. The summed E-state index contributed by atoms with van der Waals surface area (Å²) in [4.78, 5) is 19.5. The van der Waals surface area contributed by atoms with Crippen LogP contribution in [-0.4, -0.2) is 62.4 Å². The number of ether oxygens (including phenoxy) is 3. The largest absolute Gasteiger partial charge is 0.493 e. The number of nitriles is 1. The molecule has 1 aliphatic rings. The van der Waals surface area contributed by atoms with Gasteiger partial charge in [0.15, 0.2) is 16.6 Å². The van der Waals surface area contributed by atoms with E-state index < -0.39 is 5.91 Å². The van der Waals surface area contributed by atoms with Gasteiger partial charge in [0.25, 0.3) is 5.91 Å². The van der Waals surface area contributed by atoms with E-state index in [9.17, 15) is 10.1 Å². The molecule has 2 aromatic carbocycles. The Bertz CT molecular complexity index is 1210. The Balaban J connectivity index is 1.42. The number of methoxy groups -OCH3 is 1. The van der Waals surface area contributed by atoms with Crippen LogP contribution in [-0.2, 0) is 9.53 Å².